The van der Waals surface area contributed by atoms with Gasteiger partial charge in [-0.2, -0.15) is 0 Å². The van der Waals surface area contributed by atoms with Gasteiger partial charge in [0.2, 0.25) is 0 Å². The van der Waals surface area contributed by atoms with Crippen LogP contribution < -0.4 is 4.90 Å². The molecule has 3 aromatic heterocycles. The standard InChI is InChI=1S/C54H33NO2S/c1-3-12-34(13-4-1)35-22-26-38(27-23-35)55(39-28-24-36(25-29-39)41-18-11-19-43-42-16-8-10-21-50(42)58-54(41)43)40-30-31-48-45(32-40)46-33-49-52(44-17-7-9-20-47(44)56-49)51(53(46)57-48)37-14-5-2-6-15-37/h1-33H. The highest BCUT2D eigenvalue weighted by Crippen LogP contribution is 2.47. The van der Waals surface area contributed by atoms with Crippen molar-refractivity contribution in [1.29, 1.82) is 0 Å². The molecule has 272 valence electrons. The average molecular weight is 760 g/mol. The third-order valence-corrected chi connectivity index (χ3v) is 12.7. The van der Waals surface area contributed by atoms with Crippen molar-refractivity contribution in [2.24, 2.45) is 0 Å². The Balaban J connectivity index is 1.04. The molecule has 0 atom stereocenters. The van der Waals surface area contributed by atoms with Crippen molar-refractivity contribution in [3.63, 3.8) is 0 Å². The number of hydrogen-bond acceptors (Lipinski definition) is 4. The average Bonchev–Trinajstić information content (AvgIpc) is 3.98. The van der Waals surface area contributed by atoms with E-state index in [1.807, 2.05) is 23.5 Å². The lowest BCUT2D eigenvalue weighted by atomic mass is 9.96. The monoisotopic (exact) mass is 759 g/mol. The zero-order valence-corrected chi connectivity index (χ0v) is 32.0. The summed E-state index contributed by atoms with van der Waals surface area (Å²) in [7, 11) is 0. The van der Waals surface area contributed by atoms with Crippen LogP contribution in [-0.2, 0) is 0 Å². The summed E-state index contributed by atoms with van der Waals surface area (Å²) in [6, 6.07) is 71.3. The zero-order chi connectivity index (χ0) is 38.2. The van der Waals surface area contributed by atoms with Crippen LogP contribution in [0.25, 0.3) is 97.4 Å². The maximum absolute atomic E-state index is 6.84. The molecule has 0 N–H and O–H groups in total. The highest BCUT2D eigenvalue weighted by atomic mass is 32.1. The Bertz CT molecular complexity index is 3490. The first-order chi connectivity index (χ1) is 28.7. The number of anilines is 3. The Morgan fingerprint density at radius 2 is 0.966 bits per heavy atom. The van der Waals surface area contributed by atoms with Crippen LogP contribution in [0.1, 0.15) is 0 Å². The second kappa shape index (κ2) is 13.1. The Labute approximate surface area is 338 Å². The van der Waals surface area contributed by atoms with Crippen molar-refractivity contribution < 1.29 is 8.83 Å². The van der Waals surface area contributed by atoms with Gasteiger partial charge in [0.1, 0.15) is 22.3 Å². The van der Waals surface area contributed by atoms with E-state index in [9.17, 15) is 0 Å². The predicted molar refractivity (Wildman–Crippen MR) is 245 cm³/mol. The molecule has 58 heavy (non-hydrogen) atoms. The quantitative estimate of drug-likeness (QED) is 0.169. The number of para-hydroxylation sites is 1. The first kappa shape index (κ1) is 32.8. The van der Waals surface area contributed by atoms with Gasteiger partial charge in [0.05, 0.1) is 0 Å². The van der Waals surface area contributed by atoms with Gasteiger partial charge in [-0.25, -0.2) is 0 Å². The van der Waals surface area contributed by atoms with Crippen LogP contribution in [0.2, 0.25) is 0 Å². The minimum Gasteiger partial charge on any atom is -0.456 e. The summed E-state index contributed by atoms with van der Waals surface area (Å²) in [5.74, 6) is 0. The number of rotatable bonds is 6. The van der Waals surface area contributed by atoms with E-state index in [2.05, 4.69) is 193 Å². The summed E-state index contributed by atoms with van der Waals surface area (Å²) in [5, 5.41) is 6.82. The summed E-state index contributed by atoms with van der Waals surface area (Å²) in [6.07, 6.45) is 0. The van der Waals surface area contributed by atoms with Gasteiger partial charge >= 0.3 is 0 Å². The topological polar surface area (TPSA) is 29.5 Å². The molecule has 0 saturated heterocycles. The molecule has 0 bridgehead atoms. The molecule has 9 aromatic carbocycles. The van der Waals surface area contributed by atoms with E-state index >= 15 is 0 Å². The Morgan fingerprint density at radius 1 is 0.362 bits per heavy atom. The van der Waals surface area contributed by atoms with Gasteiger partial charge in [0.25, 0.3) is 0 Å². The number of hydrogen-bond donors (Lipinski definition) is 0. The lowest BCUT2D eigenvalue weighted by molar-refractivity contribution is 0.664. The molecule has 0 aliphatic carbocycles. The maximum Gasteiger partial charge on any atom is 0.144 e. The molecule has 12 aromatic rings. The summed E-state index contributed by atoms with van der Waals surface area (Å²) in [6.45, 7) is 0. The molecule has 0 amide bonds. The van der Waals surface area contributed by atoms with Crippen LogP contribution in [0.4, 0.5) is 17.1 Å². The summed E-state index contributed by atoms with van der Waals surface area (Å²) >= 11 is 1.86. The number of furan rings is 2. The van der Waals surface area contributed by atoms with Crippen LogP contribution in [-0.4, -0.2) is 0 Å². The molecule has 0 radical (unpaired) electrons. The molecule has 4 heteroatoms. The third-order valence-electron chi connectivity index (χ3n) is 11.5. The third kappa shape index (κ3) is 5.19. The second-order valence-corrected chi connectivity index (χ2v) is 15.9. The molecule has 3 heterocycles. The molecule has 0 saturated carbocycles. The number of thiophene rings is 1. The van der Waals surface area contributed by atoms with E-state index in [1.165, 1.54) is 42.4 Å². The molecule has 0 unspecified atom stereocenters. The van der Waals surface area contributed by atoms with Gasteiger partial charge in [-0.3, -0.25) is 0 Å². The fourth-order valence-electron chi connectivity index (χ4n) is 8.77. The molecule has 0 aliphatic heterocycles. The van der Waals surface area contributed by atoms with Gasteiger partial charge in [-0.15, -0.1) is 11.3 Å². The van der Waals surface area contributed by atoms with Crippen LogP contribution in [0, 0.1) is 0 Å². The van der Waals surface area contributed by atoms with Crippen molar-refractivity contribution in [2.75, 3.05) is 4.90 Å². The van der Waals surface area contributed by atoms with E-state index in [1.54, 1.807) is 0 Å². The Morgan fingerprint density at radius 3 is 1.74 bits per heavy atom. The van der Waals surface area contributed by atoms with Crippen LogP contribution in [0.15, 0.2) is 209 Å². The lowest BCUT2D eigenvalue weighted by Gasteiger charge is -2.26. The number of fused-ring (bicyclic) bond motifs is 9. The first-order valence-corrected chi connectivity index (χ1v) is 20.4. The minimum absolute atomic E-state index is 0.832. The largest absolute Gasteiger partial charge is 0.456 e. The zero-order valence-electron chi connectivity index (χ0n) is 31.2. The molecule has 0 fully saturated rings. The molecule has 12 rings (SSSR count). The first-order valence-electron chi connectivity index (χ1n) is 19.6. The number of nitrogens with zero attached hydrogens (tertiary/aromatic N) is 1. The Hall–Kier alpha value is -7.40. The molecule has 0 aliphatic rings. The normalized spacial score (nSPS) is 11.8. The van der Waals surface area contributed by atoms with Crippen LogP contribution in [0.5, 0.6) is 0 Å². The lowest BCUT2D eigenvalue weighted by Crippen LogP contribution is -2.09. The van der Waals surface area contributed by atoms with E-state index in [-0.39, 0.29) is 0 Å². The molecular weight excluding hydrogens is 727 g/mol. The summed E-state index contributed by atoms with van der Waals surface area (Å²) in [4.78, 5) is 2.34. The van der Waals surface area contributed by atoms with Gasteiger partial charge in [-0.1, -0.05) is 140 Å². The van der Waals surface area contributed by atoms with Crippen molar-refractivity contribution in [3.05, 3.63) is 200 Å². The van der Waals surface area contributed by atoms with Gasteiger partial charge in [-0.05, 0) is 88.5 Å². The van der Waals surface area contributed by atoms with E-state index < -0.39 is 0 Å². The smallest absolute Gasteiger partial charge is 0.144 e. The van der Waals surface area contributed by atoms with Gasteiger partial charge in [0.15, 0.2) is 0 Å². The van der Waals surface area contributed by atoms with Crippen molar-refractivity contribution in [3.8, 4) is 33.4 Å². The van der Waals surface area contributed by atoms with Gasteiger partial charge < -0.3 is 13.7 Å². The molecule has 3 nitrogen and oxygen atoms in total. The molecule has 0 spiro atoms. The number of benzene rings is 9. The van der Waals surface area contributed by atoms with Gasteiger partial charge in [0, 0.05) is 64.3 Å². The summed E-state index contributed by atoms with van der Waals surface area (Å²) in [5.41, 5.74) is 13.5. The summed E-state index contributed by atoms with van der Waals surface area (Å²) < 4.78 is 16.0. The minimum atomic E-state index is 0.832. The van der Waals surface area contributed by atoms with Crippen LogP contribution >= 0.6 is 11.3 Å². The Kier molecular flexibility index (Phi) is 7.40. The second-order valence-electron chi connectivity index (χ2n) is 14.8. The fraction of sp³-hybridized carbons (Fsp3) is 0. The SMILES string of the molecule is c1ccc(-c2ccc(N(c3ccc(-c4cccc5c4sc4ccccc45)cc3)c3ccc4oc5c(-c6ccccc6)c6c(cc5c4c3)oc3ccccc36)cc2)cc1. The van der Waals surface area contributed by atoms with Crippen molar-refractivity contribution >= 4 is 92.4 Å². The van der Waals surface area contributed by atoms with Crippen molar-refractivity contribution in [2.45, 2.75) is 0 Å². The predicted octanol–water partition coefficient (Wildman–Crippen LogP) is 16.3. The van der Waals surface area contributed by atoms with Crippen LogP contribution in [0.3, 0.4) is 0 Å². The highest BCUT2D eigenvalue weighted by Gasteiger charge is 2.22. The fourth-order valence-corrected chi connectivity index (χ4v) is 10.0. The van der Waals surface area contributed by atoms with E-state index in [4.69, 9.17) is 8.83 Å². The van der Waals surface area contributed by atoms with Crippen molar-refractivity contribution in [1.82, 2.24) is 0 Å². The van der Waals surface area contributed by atoms with E-state index in [0.29, 0.717) is 0 Å². The molecular formula is C54H33NO2S. The highest BCUT2D eigenvalue weighted by molar-refractivity contribution is 7.26. The van der Waals surface area contributed by atoms with E-state index in [0.717, 1.165) is 72.1 Å². The maximum atomic E-state index is 6.84.